The highest BCUT2D eigenvalue weighted by Crippen LogP contribution is 2.57. The standard InChI is InChI=1S/C98H61N7/c1-4-24-60(25-5-1)95-99-96(101-97(100-95)105-87-45-21-14-34-71(87)76-52-51-75-70-33-13-19-43-85(70)103(93(75)94(76)105)67-29-8-3-9-30-67)77-50-46-64-56-63-26-10-11-31-68(63)69-32-12-17-39-81(69)98(82-40-22-37-74(77)91(64)82)59-65-49-55-88(78-38-23-41-83(98)92(65)78)104-86-44-20-16-36-73(86)80-58-62(48-54-90(80)104)61-47-53-89-79(57-61)72-35-15-18-42-84(72)102(89)66-27-6-2-7-28-66/h1-55,57-58H,56,59H2. The Morgan fingerprint density at radius 1 is 0.248 bits per heavy atom. The highest BCUT2D eigenvalue weighted by atomic mass is 15.2. The van der Waals surface area contributed by atoms with Gasteiger partial charge in [0, 0.05) is 71.0 Å². The van der Waals surface area contributed by atoms with Crippen molar-refractivity contribution in [3.8, 4) is 68.0 Å². The molecule has 1 spiro atoms. The van der Waals surface area contributed by atoms with E-state index >= 15 is 0 Å². The van der Waals surface area contributed by atoms with Gasteiger partial charge in [-0.25, -0.2) is 4.98 Å². The number of nitrogens with zero attached hydrogens (tertiary/aromatic N) is 7. The summed E-state index contributed by atoms with van der Waals surface area (Å²) < 4.78 is 9.66. The summed E-state index contributed by atoms with van der Waals surface area (Å²) in [4.78, 5) is 17.1. The van der Waals surface area contributed by atoms with Gasteiger partial charge in [-0.15, -0.1) is 0 Å². The summed E-state index contributed by atoms with van der Waals surface area (Å²) in [5.41, 5.74) is 26.2. The van der Waals surface area contributed by atoms with Gasteiger partial charge < -0.3 is 13.7 Å². The second-order valence-corrected chi connectivity index (χ2v) is 28.5. The molecule has 105 heavy (non-hydrogen) atoms. The first-order chi connectivity index (χ1) is 52.1. The lowest BCUT2D eigenvalue weighted by Gasteiger charge is -2.35. The van der Waals surface area contributed by atoms with Crippen LogP contribution in [0.1, 0.15) is 33.4 Å². The molecule has 2 aliphatic carbocycles. The zero-order valence-corrected chi connectivity index (χ0v) is 57.0. The second-order valence-electron chi connectivity index (χ2n) is 28.5. The van der Waals surface area contributed by atoms with Crippen LogP contribution in [0.15, 0.2) is 346 Å². The van der Waals surface area contributed by atoms with Crippen LogP contribution in [0.4, 0.5) is 0 Å². The molecule has 7 heteroatoms. The van der Waals surface area contributed by atoms with E-state index in [1.807, 2.05) is 0 Å². The number of para-hydroxylation sites is 6. The topological polar surface area (TPSA) is 58.4 Å². The summed E-state index contributed by atoms with van der Waals surface area (Å²) in [5, 5.41) is 14.4. The van der Waals surface area contributed by atoms with Gasteiger partial charge in [0.1, 0.15) is 0 Å². The van der Waals surface area contributed by atoms with Gasteiger partial charge in [-0.05, 0) is 163 Å². The number of benzene rings is 16. The molecule has 5 heterocycles. The fourth-order valence-electron chi connectivity index (χ4n) is 18.9. The molecule has 0 aliphatic heterocycles. The molecule has 1 unspecified atom stereocenters. The van der Waals surface area contributed by atoms with Crippen molar-refractivity contribution >= 4 is 109 Å². The van der Waals surface area contributed by atoms with Crippen LogP contribution in [-0.2, 0) is 18.3 Å². The predicted octanol–water partition coefficient (Wildman–Crippen LogP) is 24.0. The fourth-order valence-corrected chi connectivity index (χ4v) is 18.9. The van der Waals surface area contributed by atoms with Gasteiger partial charge in [-0.3, -0.25) is 4.57 Å². The first-order valence-electron chi connectivity index (χ1n) is 36.3. The maximum atomic E-state index is 5.83. The van der Waals surface area contributed by atoms with Crippen molar-refractivity contribution < 1.29 is 0 Å². The molecule has 0 fully saturated rings. The van der Waals surface area contributed by atoms with E-state index in [2.05, 4.69) is 364 Å². The molecule has 2 aliphatic rings. The average Bonchev–Trinajstić information content (AvgIpc) is 1.56. The second kappa shape index (κ2) is 22.1. The normalized spacial score (nSPS) is 14.1. The molecular formula is C98H61N7. The van der Waals surface area contributed by atoms with E-state index in [4.69, 9.17) is 15.0 Å². The summed E-state index contributed by atoms with van der Waals surface area (Å²) in [7, 11) is 0. The van der Waals surface area contributed by atoms with Crippen molar-refractivity contribution in [2.45, 2.75) is 18.3 Å². The summed E-state index contributed by atoms with van der Waals surface area (Å²) in [6, 6.07) is 128. The minimum Gasteiger partial charge on any atom is -0.309 e. The Bertz CT molecular complexity index is 7280. The molecule has 0 radical (unpaired) electrons. The largest absolute Gasteiger partial charge is 0.309 e. The fraction of sp³-hybridized carbons (Fsp3) is 0.0306. The van der Waals surface area contributed by atoms with E-state index in [0.29, 0.717) is 17.6 Å². The molecule has 1 atom stereocenters. The molecular weight excluding hydrogens is 1280 g/mol. The molecule has 5 aromatic heterocycles. The van der Waals surface area contributed by atoms with Crippen LogP contribution in [0, 0.1) is 0 Å². The zero-order valence-electron chi connectivity index (χ0n) is 57.0. The smallest absolute Gasteiger partial charge is 0.238 e. The lowest BCUT2D eigenvalue weighted by molar-refractivity contribution is 0.649. The third-order valence-corrected chi connectivity index (χ3v) is 23.2. The first-order valence-corrected chi connectivity index (χ1v) is 36.3. The number of aromatic nitrogens is 7. The van der Waals surface area contributed by atoms with E-state index in [1.165, 1.54) is 121 Å². The molecule has 23 rings (SSSR count). The van der Waals surface area contributed by atoms with E-state index in [9.17, 15) is 0 Å². The van der Waals surface area contributed by atoms with Crippen molar-refractivity contribution in [3.05, 3.63) is 379 Å². The molecule has 0 amide bonds. The number of hydrogen-bond donors (Lipinski definition) is 0. The van der Waals surface area contributed by atoms with Gasteiger partial charge in [0.05, 0.1) is 55.2 Å². The van der Waals surface area contributed by atoms with Gasteiger partial charge in [0.25, 0.3) is 0 Å². The van der Waals surface area contributed by atoms with Crippen molar-refractivity contribution in [3.63, 3.8) is 0 Å². The van der Waals surface area contributed by atoms with E-state index in [1.54, 1.807) is 0 Å². The van der Waals surface area contributed by atoms with Crippen molar-refractivity contribution in [1.29, 1.82) is 0 Å². The predicted molar refractivity (Wildman–Crippen MR) is 433 cm³/mol. The Kier molecular flexibility index (Phi) is 12.2. The van der Waals surface area contributed by atoms with Crippen LogP contribution in [0.3, 0.4) is 0 Å². The lowest BCUT2D eigenvalue weighted by Crippen LogP contribution is -2.30. The molecule has 0 N–H and O–H groups in total. The average molecular weight is 1340 g/mol. The third-order valence-electron chi connectivity index (χ3n) is 23.2. The SMILES string of the molecule is c1ccc(-c2nc(-c3ccc4c5c(cccc35)C3(Cc5ccc(-n6c7ccccc7c7cc(-c8ccc9c(c8)c8ccccc8n9-c8ccccc8)ccc76)c6cccc3c56)c3ccccc3-c3ccccc3C4)nc(-n3c4ccccc4c4ccc5c6ccccc6n(-c6ccccc6)c5c43)n2)cc1. The lowest BCUT2D eigenvalue weighted by atomic mass is 9.66. The maximum Gasteiger partial charge on any atom is 0.238 e. The van der Waals surface area contributed by atoms with Crippen LogP contribution < -0.4 is 0 Å². The van der Waals surface area contributed by atoms with Crippen LogP contribution in [0.2, 0.25) is 0 Å². The zero-order chi connectivity index (χ0) is 68.6. The van der Waals surface area contributed by atoms with Crippen LogP contribution in [-0.4, -0.2) is 33.2 Å². The summed E-state index contributed by atoms with van der Waals surface area (Å²) >= 11 is 0. The van der Waals surface area contributed by atoms with Gasteiger partial charge in [-0.1, -0.05) is 267 Å². The first kappa shape index (κ1) is 57.9. The molecule has 0 saturated carbocycles. The Morgan fingerprint density at radius 3 is 1.38 bits per heavy atom. The molecule has 488 valence electrons. The van der Waals surface area contributed by atoms with Crippen LogP contribution in [0.25, 0.3) is 177 Å². The summed E-state index contributed by atoms with van der Waals surface area (Å²) in [6.45, 7) is 0. The van der Waals surface area contributed by atoms with Gasteiger partial charge in [-0.2, -0.15) is 9.97 Å². The Hall–Kier alpha value is -13.8. The minimum atomic E-state index is -0.656. The quantitative estimate of drug-likeness (QED) is 0.160. The van der Waals surface area contributed by atoms with Gasteiger partial charge in [0.15, 0.2) is 11.6 Å². The van der Waals surface area contributed by atoms with Gasteiger partial charge in [0.2, 0.25) is 5.95 Å². The van der Waals surface area contributed by atoms with E-state index in [-0.39, 0.29) is 0 Å². The summed E-state index contributed by atoms with van der Waals surface area (Å²) in [5.74, 6) is 1.75. The van der Waals surface area contributed by atoms with Crippen molar-refractivity contribution in [1.82, 2.24) is 33.2 Å². The van der Waals surface area contributed by atoms with E-state index < -0.39 is 5.41 Å². The van der Waals surface area contributed by atoms with Crippen LogP contribution in [0.5, 0.6) is 0 Å². The number of fused-ring (bicyclic) bond motifs is 19. The molecule has 21 aromatic rings. The molecule has 0 bridgehead atoms. The van der Waals surface area contributed by atoms with E-state index in [0.717, 1.165) is 84.6 Å². The van der Waals surface area contributed by atoms with Gasteiger partial charge >= 0.3 is 0 Å². The Balaban J connectivity index is 0.743. The van der Waals surface area contributed by atoms with Crippen molar-refractivity contribution in [2.75, 3.05) is 0 Å². The Labute approximate surface area is 603 Å². The molecule has 7 nitrogen and oxygen atoms in total. The molecule has 16 aromatic carbocycles. The maximum absolute atomic E-state index is 5.83. The number of hydrogen-bond acceptors (Lipinski definition) is 3. The third kappa shape index (κ3) is 8.23. The van der Waals surface area contributed by atoms with Crippen molar-refractivity contribution in [2.24, 2.45) is 0 Å². The monoisotopic (exact) mass is 1340 g/mol. The summed E-state index contributed by atoms with van der Waals surface area (Å²) in [6.07, 6.45) is 1.48. The molecule has 0 saturated heterocycles. The highest BCUT2D eigenvalue weighted by Gasteiger charge is 2.46. The van der Waals surface area contributed by atoms with Crippen LogP contribution >= 0.6 is 0 Å². The highest BCUT2D eigenvalue weighted by molar-refractivity contribution is 6.24. The Morgan fingerprint density at radius 2 is 0.714 bits per heavy atom. The minimum absolute atomic E-state index is 0.548. The number of rotatable bonds is 7.